The molecule has 5 N–H and O–H groups in total. The van der Waals surface area contributed by atoms with Gasteiger partial charge in [0.2, 0.25) is 35.4 Å². The number of carbonyl (C=O) groups excluding carboxylic acids is 9. The third kappa shape index (κ3) is 11.4. The molecule has 9 amide bonds. The fourth-order valence-corrected chi connectivity index (χ4v) is 11.2. The highest BCUT2D eigenvalue weighted by molar-refractivity contribution is 7.52. The third-order valence-electron chi connectivity index (χ3n) is 13.7. The van der Waals surface area contributed by atoms with Crippen molar-refractivity contribution in [2.75, 3.05) is 39.3 Å². The molecule has 0 saturated carbocycles. The number of carbonyl (C=O) groups is 9. The minimum Gasteiger partial charge on any atom is -0.355 e. The first-order chi connectivity index (χ1) is 35.4. The first-order valence-corrected chi connectivity index (χ1v) is 26.7. The van der Waals surface area contributed by atoms with Gasteiger partial charge in [-0.1, -0.05) is 75.1 Å². The summed E-state index contributed by atoms with van der Waals surface area (Å²) in [7, 11) is -5.87. The van der Waals surface area contributed by atoms with Crippen LogP contribution in [-0.2, 0) is 39.0 Å². The van der Waals surface area contributed by atoms with Crippen LogP contribution in [0.4, 0.5) is 8.78 Å². The number of piperazine rings is 1. The number of thiophene rings is 1. The minimum absolute atomic E-state index is 0.000301. The Labute approximate surface area is 433 Å². The first kappa shape index (κ1) is 54.1. The zero-order valence-corrected chi connectivity index (χ0v) is 42.8. The fourth-order valence-electron chi connectivity index (χ4n) is 9.75. The van der Waals surface area contributed by atoms with Gasteiger partial charge in [-0.3, -0.25) is 57.9 Å². The van der Waals surface area contributed by atoms with E-state index in [9.17, 15) is 66.3 Å². The molecule has 8 rings (SSSR count). The average Bonchev–Trinajstić information content (AvgIpc) is 3.92. The number of amides is 9. The summed E-state index contributed by atoms with van der Waals surface area (Å²) in [5.74, 6) is 0.0531. The Bertz CT molecular complexity index is 3130. The number of imide groups is 2. The van der Waals surface area contributed by atoms with Crippen molar-refractivity contribution >= 4 is 82.2 Å². The Balaban J connectivity index is 0.942. The zero-order valence-electron chi connectivity index (χ0n) is 41.1. The molecule has 3 fully saturated rings. The molecule has 19 nitrogen and oxygen atoms in total. The highest BCUT2D eigenvalue weighted by Gasteiger charge is 2.51. The second-order valence-corrected chi connectivity index (χ2v) is 22.6. The van der Waals surface area contributed by atoms with Crippen molar-refractivity contribution in [3.8, 4) is 11.8 Å². The van der Waals surface area contributed by atoms with Gasteiger partial charge in [0.1, 0.15) is 24.5 Å². The van der Waals surface area contributed by atoms with Crippen LogP contribution in [0.5, 0.6) is 0 Å². The molecule has 0 aliphatic carbocycles. The Morgan fingerprint density at radius 3 is 2.35 bits per heavy atom. The lowest BCUT2D eigenvalue weighted by atomic mass is 9.85. The predicted molar refractivity (Wildman–Crippen MR) is 268 cm³/mol. The molecule has 4 aliphatic rings. The summed E-state index contributed by atoms with van der Waals surface area (Å²) < 4.78 is 41.1. The number of hydrogen-bond donors (Lipinski definition) is 5. The van der Waals surface area contributed by atoms with E-state index in [0.29, 0.717) is 24.2 Å². The van der Waals surface area contributed by atoms with E-state index >= 15 is 0 Å². The lowest BCUT2D eigenvalue weighted by Crippen LogP contribution is -2.66. The summed E-state index contributed by atoms with van der Waals surface area (Å²) in [5.41, 5.74) is -5.03. The van der Waals surface area contributed by atoms with Crippen LogP contribution in [-0.4, -0.2) is 140 Å². The average molecular weight is 1070 g/mol. The minimum atomic E-state index is -5.87. The van der Waals surface area contributed by atoms with Crippen molar-refractivity contribution in [2.45, 2.75) is 89.0 Å². The van der Waals surface area contributed by atoms with Crippen molar-refractivity contribution in [1.29, 1.82) is 0 Å². The summed E-state index contributed by atoms with van der Waals surface area (Å²) in [5, 5.41) is 7.71. The van der Waals surface area contributed by atoms with Gasteiger partial charge in [0.15, 0.2) is 0 Å². The van der Waals surface area contributed by atoms with Gasteiger partial charge in [-0.2, -0.15) is 8.78 Å². The number of likely N-dealkylation sites (tertiary alicyclic amines) is 1. The van der Waals surface area contributed by atoms with Gasteiger partial charge in [-0.15, -0.1) is 11.3 Å². The molecule has 2 unspecified atom stereocenters. The van der Waals surface area contributed by atoms with Crippen LogP contribution < -0.4 is 16.0 Å². The number of piperidine rings is 2. The van der Waals surface area contributed by atoms with Crippen LogP contribution in [0.3, 0.4) is 0 Å². The number of fused-ring (bicyclic) bond motifs is 2. The standard InChI is InChI=1S/C52H54F2N7O12PS/c1-51(2,3)44(57-46(66)39-26-33-25-34(17-19-38(33)75-39)52(53,54)74(71,72)73)50(70)60-24-23-58(29-37(60)48(68)59-22-10-15-32(28-59)30-11-5-4-6-12-30)42(64)27-41(63)55-21-8-7-13-31-14-9-16-35-43(31)49(69)61(47(35)67)36-18-20-40(62)56-45(36)65/h4-6,9,11-12,14,16-17,19,25-26,32,36-37,44H,8,10,15,18,20-24,27-29H2,1-3H3,(H,55,63)(H,57,66)(H,56,62,65)(H2,71,72,73)/t32-,36?,37-,44?/m0/s1. The summed E-state index contributed by atoms with van der Waals surface area (Å²) in [4.78, 5) is 145. The summed E-state index contributed by atoms with van der Waals surface area (Å²) >= 11 is 0.917. The predicted octanol–water partition coefficient (Wildman–Crippen LogP) is 4.07. The SMILES string of the molecule is CC(C)(C)C(NC(=O)c1cc2cc(C(F)(F)P(=O)(O)O)ccc2s1)C(=O)N1CCN(C(=O)CC(=O)NCCC#Cc2cccc3c2C(=O)N(C2CCC(=O)NC2=O)C3=O)C[C@H]1C(=O)N1CCC[C@H](c2ccccc2)C1. The summed E-state index contributed by atoms with van der Waals surface area (Å²) in [6, 6.07) is 14.9. The van der Waals surface area contributed by atoms with E-state index in [1.54, 1.807) is 37.8 Å². The Hall–Kier alpha value is -7.18. The van der Waals surface area contributed by atoms with Crippen molar-refractivity contribution < 1.29 is 66.3 Å². The van der Waals surface area contributed by atoms with E-state index in [-0.39, 0.29) is 78.3 Å². The van der Waals surface area contributed by atoms with Crippen LogP contribution in [0.15, 0.2) is 72.8 Å². The van der Waals surface area contributed by atoms with E-state index in [1.165, 1.54) is 28.0 Å². The molecule has 3 aromatic carbocycles. The quantitative estimate of drug-likeness (QED) is 0.0443. The molecular formula is C52H54F2N7O12PS. The number of hydrogen-bond acceptors (Lipinski definition) is 11. The van der Waals surface area contributed by atoms with Crippen molar-refractivity contribution in [3.05, 3.63) is 105 Å². The Morgan fingerprint density at radius 1 is 0.893 bits per heavy atom. The molecule has 4 aliphatic heterocycles. The van der Waals surface area contributed by atoms with Crippen molar-refractivity contribution in [3.63, 3.8) is 0 Å². The van der Waals surface area contributed by atoms with E-state index in [1.807, 2.05) is 30.3 Å². The lowest BCUT2D eigenvalue weighted by Gasteiger charge is -2.45. The van der Waals surface area contributed by atoms with Gasteiger partial charge >= 0.3 is 13.3 Å². The maximum Gasteiger partial charge on any atom is 0.399 e. The number of nitrogens with one attached hydrogen (secondary N) is 3. The number of rotatable bonds is 12. The molecule has 3 saturated heterocycles. The molecule has 23 heteroatoms. The molecule has 0 radical (unpaired) electrons. The van der Waals surface area contributed by atoms with Gasteiger partial charge in [0, 0.05) is 67.3 Å². The van der Waals surface area contributed by atoms with Gasteiger partial charge in [-0.25, -0.2) is 0 Å². The Kier molecular flexibility index (Phi) is 15.6. The zero-order chi connectivity index (χ0) is 54.1. The summed E-state index contributed by atoms with van der Waals surface area (Å²) in [6.07, 6.45) is 0.920. The normalized spacial score (nSPS) is 19.7. The Morgan fingerprint density at radius 2 is 1.64 bits per heavy atom. The monoisotopic (exact) mass is 1070 g/mol. The topological polar surface area (TPSA) is 260 Å². The third-order valence-corrected chi connectivity index (χ3v) is 15.8. The van der Waals surface area contributed by atoms with Crippen LogP contribution in [0.2, 0.25) is 0 Å². The number of halogens is 2. The number of nitrogens with zero attached hydrogens (tertiary/aromatic N) is 4. The maximum absolute atomic E-state index is 14.9. The van der Waals surface area contributed by atoms with Crippen molar-refractivity contribution in [2.24, 2.45) is 5.41 Å². The van der Waals surface area contributed by atoms with Crippen LogP contribution in [0.25, 0.3) is 10.1 Å². The number of benzene rings is 3. The van der Waals surface area contributed by atoms with Crippen molar-refractivity contribution in [1.82, 2.24) is 35.6 Å². The first-order valence-electron chi connectivity index (χ1n) is 24.2. The van der Waals surface area contributed by atoms with Gasteiger partial charge in [0.05, 0.1) is 22.5 Å². The highest BCUT2D eigenvalue weighted by Crippen LogP contribution is 2.59. The van der Waals surface area contributed by atoms with Gasteiger partial charge in [-0.05, 0) is 66.0 Å². The largest absolute Gasteiger partial charge is 0.399 e. The molecule has 394 valence electrons. The van der Waals surface area contributed by atoms with E-state index in [4.69, 9.17) is 0 Å². The molecule has 5 heterocycles. The fraction of sp³-hybridized carbons (Fsp3) is 0.404. The van der Waals surface area contributed by atoms with E-state index in [0.717, 1.165) is 40.4 Å². The number of alkyl halides is 2. The molecule has 75 heavy (non-hydrogen) atoms. The maximum atomic E-state index is 14.9. The lowest BCUT2D eigenvalue weighted by molar-refractivity contribution is -0.155. The van der Waals surface area contributed by atoms with Crippen LogP contribution in [0.1, 0.15) is 112 Å². The molecule has 0 spiro atoms. The van der Waals surface area contributed by atoms with Crippen LogP contribution >= 0.6 is 18.9 Å². The molecule has 1 aromatic heterocycles. The van der Waals surface area contributed by atoms with E-state index < -0.39 is 102 Å². The smallest absolute Gasteiger partial charge is 0.355 e. The molecule has 0 bridgehead atoms. The molecular weight excluding hydrogens is 1020 g/mol. The van der Waals surface area contributed by atoms with Gasteiger partial charge < -0.3 is 35.1 Å². The van der Waals surface area contributed by atoms with E-state index in [2.05, 4.69) is 27.8 Å². The second kappa shape index (κ2) is 21.6. The summed E-state index contributed by atoms with van der Waals surface area (Å²) in [6.45, 7) is 5.39. The molecule has 4 atom stereocenters. The van der Waals surface area contributed by atoms with Crippen LogP contribution in [0, 0.1) is 17.3 Å². The van der Waals surface area contributed by atoms with Gasteiger partial charge in [0.25, 0.3) is 17.7 Å². The second-order valence-electron chi connectivity index (χ2n) is 19.9. The molecule has 4 aromatic rings. The highest BCUT2D eigenvalue weighted by atomic mass is 32.1.